The maximum absolute atomic E-state index is 12.0. The predicted octanol–water partition coefficient (Wildman–Crippen LogP) is 3.75. The van der Waals surface area contributed by atoms with Gasteiger partial charge in [0.2, 0.25) is 0 Å². The van der Waals surface area contributed by atoms with E-state index in [1.165, 1.54) is 11.3 Å². The summed E-state index contributed by atoms with van der Waals surface area (Å²) in [4.78, 5) is 16.3. The molecule has 0 radical (unpaired) electrons. The van der Waals surface area contributed by atoms with Crippen molar-refractivity contribution < 1.29 is 4.79 Å². The summed E-state index contributed by atoms with van der Waals surface area (Å²) in [7, 11) is 0. The molecule has 1 aromatic heterocycles. The van der Waals surface area contributed by atoms with Crippen molar-refractivity contribution in [3.8, 4) is 0 Å². The Hall–Kier alpha value is -1.59. The van der Waals surface area contributed by atoms with Gasteiger partial charge in [-0.15, -0.1) is 0 Å². The summed E-state index contributed by atoms with van der Waals surface area (Å²) < 4.78 is 0. The molecule has 3 N–H and O–H groups in total. The first kappa shape index (κ1) is 13.8. The van der Waals surface area contributed by atoms with Gasteiger partial charge >= 0.3 is 0 Å². The molecule has 4 nitrogen and oxygen atoms in total. The number of amides is 1. The number of thiazole rings is 1. The first-order chi connectivity index (χ1) is 8.97. The van der Waals surface area contributed by atoms with E-state index in [2.05, 4.69) is 10.3 Å². The fourth-order valence-corrected chi connectivity index (χ4v) is 2.59. The van der Waals surface area contributed by atoms with Crippen LogP contribution in [0.1, 0.15) is 35.8 Å². The third-order valence-corrected chi connectivity index (χ3v) is 3.62. The van der Waals surface area contributed by atoms with Crippen molar-refractivity contribution in [2.24, 2.45) is 0 Å². The molecule has 6 heteroatoms. The summed E-state index contributed by atoms with van der Waals surface area (Å²) >= 11 is 7.05. The largest absolute Gasteiger partial charge is 0.389 e. The second kappa shape index (κ2) is 5.59. The number of rotatable bonds is 3. The van der Waals surface area contributed by atoms with Crippen LogP contribution in [0.5, 0.6) is 0 Å². The molecular formula is C13H14ClN3OS. The summed E-state index contributed by atoms with van der Waals surface area (Å²) in [5.41, 5.74) is 7.21. The molecule has 0 aliphatic carbocycles. The number of hydrogen-bond donors (Lipinski definition) is 2. The highest BCUT2D eigenvalue weighted by Crippen LogP contribution is 2.30. The molecule has 1 amide bonds. The van der Waals surface area contributed by atoms with Gasteiger partial charge in [0.1, 0.15) is 5.00 Å². The Morgan fingerprint density at radius 1 is 1.37 bits per heavy atom. The Labute approximate surface area is 120 Å². The molecule has 2 rings (SSSR count). The van der Waals surface area contributed by atoms with Crippen LogP contribution in [0.25, 0.3) is 0 Å². The zero-order valence-corrected chi connectivity index (χ0v) is 12.2. The number of halogens is 1. The quantitative estimate of drug-likeness (QED) is 0.906. The lowest BCUT2D eigenvalue weighted by Gasteiger charge is -2.02. The van der Waals surface area contributed by atoms with E-state index < -0.39 is 0 Å². The molecule has 0 atom stereocenters. The van der Waals surface area contributed by atoms with Crippen molar-refractivity contribution in [2.75, 3.05) is 11.1 Å². The normalized spacial score (nSPS) is 10.7. The minimum absolute atomic E-state index is 0.222. The first-order valence-electron chi connectivity index (χ1n) is 5.80. The lowest BCUT2D eigenvalue weighted by atomic mass is 10.1. The Kier molecular flexibility index (Phi) is 4.07. The summed E-state index contributed by atoms with van der Waals surface area (Å²) in [5, 5.41) is 4.49. The summed E-state index contributed by atoms with van der Waals surface area (Å²) in [6.07, 6.45) is 0. The standard InChI is InChI=1S/C13H14ClN3OS/c1-7(2)10-11(15)19-13(16-10)17-12(18)8-3-5-9(14)6-4-8/h3-7H,15H2,1-2H3,(H,16,17,18). The van der Waals surface area contributed by atoms with Gasteiger partial charge in [-0.25, -0.2) is 4.98 Å². The summed E-state index contributed by atoms with van der Waals surface area (Å²) in [6, 6.07) is 6.68. The van der Waals surface area contributed by atoms with Gasteiger partial charge < -0.3 is 5.73 Å². The van der Waals surface area contributed by atoms with Crippen LogP contribution < -0.4 is 11.1 Å². The Balaban J connectivity index is 2.15. The van der Waals surface area contributed by atoms with Gasteiger partial charge in [-0.05, 0) is 30.2 Å². The second-order valence-corrected chi connectivity index (χ2v) is 5.85. The van der Waals surface area contributed by atoms with Crippen molar-refractivity contribution in [1.82, 2.24) is 4.98 Å². The molecule has 1 aromatic carbocycles. The van der Waals surface area contributed by atoms with Crippen molar-refractivity contribution in [3.05, 3.63) is 40.5 Å². The number of aromatic nitrogens is 1. The van der Waals surface area contributed by atoms with E-state index in [9.17, 15) is 4.79 Å². The number of carbonyl (C=O) groups excluding carboxylic acids is 1. The first-order valence-corrected chi connectivity index (χ1v) is 7.00. The van der Waals surface area contributed by atoms with Gasteiger partial charge in [0.15, 0.2) is 5.13 Å². The maximum Gasteiger partial charge on any atom is 0.257 e. The third-order valence-electron chi connectivity index (χ3n) is 2.55. The van der Waals surface area contributed by atoms with Crippen LogP contribution in [0.4, 0.5) is 10.1 Å². The number of nitrogen functional groups attached to an aromatic ring is 1. The van der Waals surface area contributed by atoms with E-state index in [1.54, 1.807) is 24.3 Å². The molecule has 0 unspecified atom stereocenters. The highest BCUT2D eigenvalue weighted by Gasteiger charge is 2.14. The minimum Gasteiger partial charge on any atom is -0.389 e. The van der Waals surface area contributed by atoms with E-state index in [4.69, 9.17) is 17.3 Å². The van der Waals surface area contributed by atoms with E-state index in [1.807, 2.05) is 13.8 Å². The van der Waals surface area contributed by atoms with E-state index >= 15 is 0 Å². The minimum atomic E-state index is -0.222. The summed E-state index contributed by atoms with van der Waals surface area (Å²) in [6.45, 7) is 4.02. The predicted molar refractivity (Wildman–Crippen MR) is 80.0 cm³/mol. The highest BCUT2D eigenvalue weighted by atomic mass is 35.5. The Morgan fingerprint density at radius 2 is 2.00 bits per heavy atom. The van der Waals surface area contributed by atoms with Crippen molar-refractivity contribution >= 4 is 39.0 Å². The average Bonchev–Trinajstić information content (AvgIpc) is 2.71. The highest BCUT2D eigenvalue weighted by molar-refractivity contribution is 7.19. The Morgan fingerprint density at radius 3 is 2.53 bits per heavy atom. The molecule has 0 aliphatic heterocycles. The monoisotopic (exact) mass is 295 g/mol. The van der Waals surface area contributed by atoms with Crippen molar-refractivity contribution in [2.45, 2.75) is 19.8 Å². The van der Waals surface area contributed by atoms with Crippen LogP contribution in [0, 0.1) is 0 Å². The number of benzene rings is 1. The van der Waals surface area contributed by atoms with Crippen LogP contribution in [-0.2, 0) is 0 Å². The fraction of sp³-hybridized carbons (Fsp3) is 0.231. The topological polar surface area (TPSA) is 68.0 Å². The number of nitrogens with zero attached hydrogens (tertiary/aromatic N) is 1. The fourth-order valence-electron chi connectivity index (χ4n) is 1.58. The molecule has 0 bridgehead atoms. The van der Waals surface area contributed by atoms with E-state index in [-0.39, 0.29) is 11.8 Å². The number of anilines is 2. The third kappa shape index (κ3) is 3.24. The molecule has 19 heavy (non-hydrogen) atoms. The molecule has 1 heterocycles. The molecule has 0 aliphatic rings. The zero-order chi connectivity index (χ0) is 14.0. The molecule has 0 spiro atoms. The van der Waals surface area contributed by atoms with Crippen LogP contribution in [0.15, 0.2) is 24.3 Å². The molecule has 0 saturated carbocycles. The van der Waals surface area contributed by atoms with E-state index in [0.717, 1.165) is 5.69 Å². The lowest BCUT2D eigenvalue weighted by molar-refractivity contribution is 0.102. The lowest BCUT2D eigenvalue weighted by Crippen LogP contribution is -2.11. The van der Waals surface area contributed by atoms with Crippen molar-refractivity contribution in [3.63, 3.8) is 0 Å². The van der Waals surface area contributed by atoms with Gasteiger partial charge in [-0.2, -0.15) is 0 Å². The van der Waals surface area contributed by atoms with Crippen LogP contribution in [0.2, 0.25) is 5.02 Å². The van der Waals surface area contributed by atoms with Crippen LogP contribution >= 0.6 is 22.9 Å². The van der Waals surface area contributed by atoms with Crippen LogP contribution in [0.3, 0.4) is 0 Å². The second-order valence-electron chi connectivity index (χ2n) is 4.38. The summed E-state index contributed by atoms with van der Waals surface area (Å²) in [5.74, 6) is 0.0122. The van der Waals surface area contributed by atoms with Gasteiger partial charge in [-0.3, -0.25) is 10.1 Å². The molecule has 0 fully saturated rings. The number of hydrogen-bond acceptors (Lipinski definition) is 4. The smallest absolute Gasteiger partial charge is 0.257 e. The Bertz CT molecular complexity index is 592. The molecule has 0 saturated heterocycles. The van der Waals surface area contributed by atoms with Gasteiger partial charge in [0.05, 0.1) is 5.69 Å². The average molecular weight is 296 g/mol. The number of nitrogens with one attached hydrogen (secondary N) is 1. The van der Waals surface area contributed by atoms with E-state index in [0.29, 0.717) is 20.7 Å². The molecular weight excluding hydrogens is 282 g/mol. The SMILES string of the molecule is CC(C)c1nc(NC(=O)c2ccc(Cl)cc2)sc1N. The van der Waals surface area contributed by atoms with Gasteiger partial charge in [0.25, 0.3) is 5.91 Å². The van der Waals surface area contributed by atoms with Gasteiger partial charge in [-0.1, -0.05) is 36.8 Å². The molecule has 100 valence electrons. The number of nitrogens with two attached hydrogens (primary N) is 1. The van der Waals surface area contributed by atoms with Crippen molar-refractivity contribution in [1.29, 1.82) is 0 Å². The zero-order valence-electron chi connectivity index (χ0n) is 10.6. The molecule has 2 aromatic rings. The maximum atomic E-state index is 12.0. The van der Waals surface area contributed by atoms with Gasteiger partial charge in [0, 0.05) is 10.6 Å². The van der Waals surface area contributed by atoms with Crippen LogP contribution in [-0.4, -0.2) is 10.9 Å². The number of carbonyl (C=O) groups is 1.